The van der Waals surface area contributed by atoms with E-state index in [0.29, 0.717) is 18.7 Å². The Kier molecular flexibility index (Phi) is 4.59. The van der Waals surface area contributed by atoms with Gasteiger partial charge in [-0.05, 0) is 18.9 Å². The van der Waals surface area contributed by atoms with Crippen molar-refractivity contribution < 1.29 is 14.5 Å². The van der Waals surface area contributed by atoms with Crippen molar-refractivity contribution in [2.45, 2.75) is 18.9 Å². The van der Waals surface area contributed by atoms with Crippen LogP contribution in [0, 0.1) is 10.1 Å². The SMILES string of the molecule is CN(C)C(=O)C1CCCN1C(=O)Nc1cccc([N+](=O)[O-])c1. The topological polar surface area (TPSA) is 95.8 Å². The highest BCUT2D eigenvalue weighted by Crippen LogP contribution is 2.22. The molecular formula is C14H18N4O4. The number of carbonyl (C=O) groups is 2. The van der Waals surface area contributed by atoms with Crippen LogP contribution in [0.2, 0.25) is 0 Å². The number of nitrogens with one attached hydrogen (secondary N) is 1. The van der Waals surface area contributed by atoms with E-state index in [1.807, 2.05) is 0 Å². The zero-order valence-corrected chi connectivity index (χ0v) is 12.5. The lowest BCUT2D eigenvalue weighted by molar-refractivity contribution is -0.384. The van der Waals surface area contributed by atoms with Crippen LogP contribution in [0.4, 0.5) is 16.2 Å². The number of nitro groups is 1. The van der Waals surface area contributed by atoms with Crippen LogP contribution in [0.3, 0.4) is 0 Å². The molecule has 2 rings (SSSR count). The van der Waals surface area contributed by atoms with Crippen LogP contribution in [0.5, 0.6) is 0 Å². The summed E-state index contributed by atoms with van der Waals surface area (Å²) in [5, 5.41) is 13.4. The van der Waals surface area contributed by atoms with E-state index in [1.165, 1.54) is 28.0 Å². The number of nitrogens with zero attached hydrogens (tertiary/aromatic N) is 3. The van der Waals surface area contributed by atoms with Gasteiger partial charge in [-0.15, -0.1) is 0 Å². The first-order valence-electron chi connectivity index (χ1n) is 6.93. The van der Waals surface area contributed by atoms with E-state index in [4.69, 9.17) is 0 Å². The number of nitro benzene ring substituents is 1. The van der Waals surface area contributed by atoms with Crippen molar-refractivity contribution in [2.24, 2.45) is 0 Å². The van der Waals surface area contributed by atoms with E-state index in [0.717, 1.165) is 6.42 Å². The van der Waals surface area contributed by atoms with Crippen molar-refractivity contribution in [1.29, 1.82) is 0 Å². The maximum Gasteiger partial charge on any atom is 0.322 e. The summed E-state index contributed by atoms with van der Waals surface area (Å²) in [7, 11) is 3.30. The predicted molar refractivity (Wildman–Crippen MR) is 80.5 cm³/mol. The van der Waals surface area contributed by atoms with Crippen molar-refractivity contribution in [3.8, 4) is 0 Å². The number of urea groups is 1. The molecule has 1 aliphatic heterocycles. The molecule has 1 unspecified atom stereocenters. The average molecular weight is 306 g/mol. The first-order chi connectivity index (χ1) is 10.4. The average Bonchev–Trinajstić information content (AvgIpc) is 2.95. The zero-order valence-electron chi connectivity index (χ0n) is 12.5. The third-order valence-corrected chi connectivity index (χ3v) is 3.55. The molecule has 1 atom stereocenters. The molecule has 1 aromatic rings. The van der Waals surface area contributed by atoms with Gasteiger partial charge in [0.1, 0.15) is 6.04 Å². The molecule has 1 fully saturated rings. The number of hydrogen-bond donors (Lipinski definition) is 1. The number of amides is 3. The highest BCUT2D eigenvalue weighted by Gasteiger charge is 2.35. The highest BCUT2D eigenvalue weighted by atomic mass is 16.6. The van der Waals surface area contributed by atoms with Crippen molar-refractivity contribution in [1.82, 2.24) is 9.80 Å². The highest BCUT2D eigenvalue weighted by molar-refractivity contribution is 5.94. The van der Waals surface area contributed by atoms with E-state index in [2.05, 4.69) is 5.32 Å². The smallest absolute Gasteiger partial charge is 0.322 e. The lowest BCUT2D eigenvalue weighted by atomic mass is 10.2. The van der Waals surface area contributed by atoms with E-state index < -0.39 is 17.0 Å². The lowest BCUT2D eigenvalue weighted by Gasteiger charge is -2.26. The van der Waals surface area contributed by atoms with Crippen molar-refractivity contribution >= 4 is 23.3 Å². The molecular weight excluding hydrogens is 288 g/mol. The molecule has 0 radical (unpaired) electrons. The van der Waals surface area contributed by atoms with Gasteiger partial charge in [-0.3, -0.25) is 14.9 Å². The number of likely N-dealkylation sites (tertiary alicyclic amines) is 1. The van der Waals surface area contributed by atoms with Crippen LogP contribution in [0.1, 0.15) is 12.8 Å². The second kappa shape index (κ2) is 6.42. The van der Waals surface area contributed by atoms with Crippen LogP contribution in [0.25, 0.3) is 0 Å². The first kappa shape index (κ1) is 15.7. The number of benzene rings is 1. The fourth-order valence-corrected chi connectivity index (χ4v) is 2.46. The second-order valence-corrected chi connectivity index (χ2v) is 5.32. The van der Waals surface area contributed by atoms with Gasteiger partial charge in [-0.1, -0.05) is 6.07 Å². The Morgan fingerprint density at radius 2 is 2.14 bits per heavy atom. The summed E-state index contributed by atoms with van der Waals surface area (Å²) in [6.45, 7) is 0.491. The molecule has 22 heavy (non-hydrogen) atoms. The number of hydrogen-bond acceptors (Lipinski definition) is 4. The minimum absolute atomic E-state index is 0.0971. The molecule has 1 aromatic carbocycles. The van der Waals surface area contributed by atoms with E-state index >= 15 is 0 Å². The number of non-ortho nitro benzene ring substituents is 1. The maximum absolute atomic E-state index is 12.3. The summed E-state index contributed by atoms with van der Waals surface area (Å²) >= 11 is 0. The van der Waals surface area contributed by atoms with Gasteiger partial charge < -0.3 is 15.1 Å². The molecule has 118 valence electrons. The number of anilines is 1. The molecule has 1 saturated heterocycles. The molecule has 1 aliphatic rings. The van der Waals surface area contributed by atoms with Crippen LogP contribution in [-0.4, -0.2) is 53.3 Å². The third kappa shape index (κ3) is 3.33. The summed E-state index contributed by atoms with van der Waals surface area (Å²) in [4.78, 5) is 37.5. The maximum atomic E-state index is 12.3. The Bertz CT molecular complexity index is 602. The molecule has 3 amide bonds. The molecule has 1 heterocycles. The third-order valence-electron chi connectivity index (χ3n) is 3.55. The molecule has 0 spiro atoms. The fourth-order valence-electron chi connectivity index (χ4n) is 2.46. The van der Waals surface area contributed by atoms with Crippen molar-refractivity contribution in [3.05, 3.63) is 34.4 Å². The summed E-state index contributed by atoms with van der Waals surface area (Å²) in [5.74, 6) is -0.119. The van der Waals surface area contributed by atoms with Crippen LogP contribution in [-0.2, 0) is 4.79 Å². The molecule has 0 bridgehead atoms. The first-order valence-corrected chi connectivity index (χ1v) is 6.93. The number of likely N-dealkylation sites (N-methyl/N-ethyl adjacent to an activating group) is 1. The summed E-state index contributed by atoms with van der Waals surface area (Å²) < 4.78 is 0. The molecule has 0 saturated carbocycles. The van der Waals surface area contributed by atoms with E-state index in [9.17, 15) is 19.7 Å². The predicted octanol–water partition coefficient (Wildman–Crippen LogP) is 1.68. The van der Waals surface area contributed by atoms with Gasteiger partial charge in [0.05, 0.1) is 4.92 Å². The van der Waals surface area contributed by atoms with Gasteiger partial charge in [0, 0.05) is 38.5 Å². The van der Waals surface area contributed by atoms with Gasteiger partial charge in [0.25, 0.3) is 5.69 Å². The van der Waals surface area contributed by atoms with E-state index in [-0.39, 0.29) is 11.6 Å². The van der Waals surface area contributed by atoms with Crippen molar-refractivity contribution in [2.75, 3.05) is 26.0 Å². The molecule has 1 N–H and O–H groups in total. The molecule has 0 aromatic heterocycles. The summed E-state index contributed by atoms with van der Waals surface area (Å²) in [6.07, 6.45) is 1.38. The molecule has 8 heteroatoms. The standard InChI is InChI=1S/C14H18N4O4/c1-16(2)13(19)12-7-4-8-17(12)14(20)15-10-5-3-6-11(9-10)18(21)22/h3,5-6,9,12H,4,7-8H2,1-2H3,(H,15,20). The number of rotatable bonds is 3. The van der Waals surface area contributed by atoms with Crippen molar-refractivity contribution in [3.63, 3.8) is 0 Å². The Morgan fingerprint density at radius 3 is 2.77 bits per heavy atom. The van der Waals surface area contributed by atoms with Crippen LogP contribution in [0.15, 0.2) is 24.3 Å². The summed E-state index contributed by atoms with van der Waals surface area (Å²) in [5.41, 5.74) is 0.238. The largest absolute Gasteiger partial charge is 0.347 e. The zero-order chi connectivity index (χ0) is 16.3. The quantitative estimate of drug-likeness (QED) is 0.678. The molecule has 0 aliphatic carbocycles. The van der Waals surface area contributed by atoms with Gasteiger partial charge in [-0.2, -0.15) is 0 Å². The minimum Gasteiger partial charge on any atom is -0.347 e. The van der Waals surface area contributed by atoms with E-state index in [1.54, 1.807) is 20.2 Å². The number of carbonyl (C=O) groups excluding carboxylic acids is 2. The lowest BCUT2D eigenvalue weighted by Crippen LogP contribution is -2.47. The Morgan fingerprint density at radius 1 is 1.41 bits per heavy atom. The Balaban J connectivity index is 2.10. The monoisotopic (exact) mass is 306 g/mol. The minimum atomic E-state index is -0.524. The summed E-state index contributed by atoms with van der Waals surface area (Å²) in [6, 6.07) is 4.82. The molecule has 8 nitrogen and oxygen atoms in total. The van der Waals surface area contributed by atoms with Crippen LogP contribution >= 0.6 is 0 Å². The fraction of sp³-hybridized carbons (Fsp3) is 0.429. The Labute approximate surface area is 127 Å². The second-order valence-electron chi connectivity index (χ2n) is 5.32. The van der Waals surface area contributed by atoms with Crippen LogP contribution < -0.4 is 5.32 Å². The van der Waals surface area contributed by atoms with Gasteiger partial charge >= 0.3 is 6.03 Å². The Hall–Kier alpha value is -2.64. The van der Waals surface area contributed by atoms with Gasteiger partial charge in [0.15, 0.2) is 0 Å². The van der Waals surface area contributed by atoms with Gasteiger partial charge in [0.2, 0.25) is 5.91 Å². The van der Waals surface area contributed by atoms with Gasteiger partial charge in [-0.25, -0.2) is 4.79 Å². The normalized spacial score (nSPS) is 17.2.